The Hall–Kier alpha value is -0.900. The number of hydrogen-bond acceptors (Lipinski definition) is 4. The van der Waals surface area contributed by atoms with Crippen molar-refractivity contribution in [2.24, 2.45) is 4.99 Å². The molecule has 8 heteroatoms. The molecule has 1 N–H and O–H groups in total. The summed E-state index contributed by atoms with van der Waals surface area (Å²) in [6.07, 6.45) is 1.84. The Balaban J connectivity index is 0.00000243. The zero-order valence-electron chi connectivity index (χ0n) is 15.1. The van der Waals surface area contributed by atoms with Gasteiger partial charge in [0.2, 0.25) is 0 Å². The lowest BCUT2D eigenvalue weighted by Crippen LogP contribution is -2.52. The zero-order chi connectivity index (χ0) is 17.6. The number of aryl methyl sites for hydroxylation is 1. The van der Waals surface area contributed by atoms with Gasteiger partial charge in [0.1, 0.15) is 0 Å². The minimum atomic E-state index is 0. The summed E-state index contributed by atoms with van der Waals surface area (Å²) in [5.41, 5.74) is 2.27. The Morgan fingerprint density at radius 1 is 1.27 bits per heavy atom. The number of rotatable bonds is 4. The number of guanidine groups is 1. The molecule has 0 aromatic carbocycles. The molecule has 2 aromatic rings. The normalized spacial score (nSPS) is 15.7. The molecule has 1 aliphatic rings. The van der Waals surface area contributed by atoms with Gasteiger partial charge in [-0.1, -0.05) is 17.7 Å². The summed E-state index contributed by atoms with van der Waals surface area (Å²) in [6, 6.07) is 8.15. The van der Waals surface area contributed by atoms with E-state index >= 15 is 0 Å². The summed E-state index contributed by atoms with van der Waals surface area (Å²) in [5.74, 6) is 0.948. The predicted molar refractivity (Wildman–Crippen MR) is 121 cm³/mol. The second-order valence-electron chi connectivity index (χ2n) is 6.14. The van der Waals surface area contributed by atoms with Crippen molar-refractivity contribution in [3.63, 3.8) is 0 Å². The fourth-order valence-corrected chi connectivity index (χ4v) is 4.10. The smallest absolute Gasteiger partial charge is 0.194 e. The molecule has 0 saturated carbocycles. The topological polar surface area (TPSA) is 43.8 Å². The molecule has 3 heterocycles. The Morgan fingerprint density at radius 2 is 2.04 bits per heavy atom. The number of nitrogens with one attached hydrogen (secondary N) is 1. The van der Waals surface area contributed by atoms with Gasteiger partial charge < -0.3 is 10.2 Å². The first-order chi connectivity index (χ1) is 12.2. The first kappa shape index (κ1) is 21.4. The van der Waals surface area contributed by atoms with Crippen LogP contribution >= 0.6 is 46.9 Å². The number of nitrogens with zero attached hydrogens (tertiary/aromatic N) is 4. The molecule has 1 aliphatic heterocycles. The Labute approximate surface area is 181 Å². The number of aliphatic imine (C=N–C) groups is 1. The third-order valence-electron chi connectivity index (χ3n) is 4.42. The summed E-state index contributed by atoms with van der Waals surface area (Å²) in [6.45, 7) is 7.76. The molecule has 0 unspecified atom stereocenters. The van der Waals surface area contributed by atoms with Crippen LogP contribution in [0.1, 0.15) is 16.1 Å². The van der Waals surface area contributed by atoms with Crippen molar-refractivity contribution in [1.29, 1.82) is 0 Å². The monoisotopic (exact) mass is 505 g/mol. The summed E-state index contributed by atoms with van der Waals surface area (Å²) < 4.78 is 0.864. The number of aromatic nitrogens is 1. The molecule has 1 saturated heterocycles. The van der Waals surface area contributed by atoms with E-state index in [2.05, 4.69) is 44.1 Å². The van der Waals surface area contributed by atoms with Crippen LogP contribution in [0.15, 0.2) is 35.5 Å². The number of halogens is 2. The third kappa shape index (κ3) is 5.80. The van der Waals surface area contributed by atoms with Crippen LogP contribution in [0, 0.1) is 6.92 Å². The highest BCUT2D eigenvalue weighted by Crippen LogP contribution is 2.23. The molecule has 0 spiro atoms. The maximum Gasteiger partial charge on any atom is 0.194 e. The highest BCUT2D eigenvalue weighted by Gasteiger charge is 2.20. The fourth-order valence-electron chi connectivity index (χ4n) is 2.97. The van der Waals surface area contributed by atoms with E-state index in [0.29, 0.717) is 6.54 Å². The van der Waals surface area contributed by atoms with Gasteiger partial charge in [0.05, 0.1) is 16.6 Å². The third-order valence-corrected chi connectivity index (χ3v) is 5.64. The number of piperazine rings is 1. The van der Waals surface area contributed by atoms with Crippen molar-refractivity contribution < 1.29 is 0 Å². The van der Waals surface area contributed by atoms with Crippen LogP contribution in [0.2, 0.25) is 4.34 Å². The molecule has 0 amide bonds. The number of pyridine rings is 1. The fraction of sp³-hybridized carbons (Fsp3) is 0.444. The van der Waals surface area contributed by atoms with E-state index in [1.165, 1.54) is 10.4 Å². The van der Waals surface area contributed by atoms with Crippen LogP contribution < -0.4 is 5.32 Å². The molecule has 0 aliphatic carbocycles. The SMILES string of the molecule is CN=C(NCc1ncccc1C)N1CCN(Cc2ccc(Cl)s2)CC1.I. The predicted octanol–water partition coefficient (Wildman–Crippen LogP) is 3.62. The molecule has 2 aromatic heterocycles. The minimum Gasteiger partial charge on any atom is -0.351 e. The summed E-state index contributed by atoms with van der Waals surface area (Å²) in [4.78, 5) is 15.0. The average molecular weight is 506 g/mol. The van der Waals surface area contributed by atoms with Crippen molar-refractivity contribution in [3.05, 3.63) is 50.9 Å². The first-order valence-electron chi connectivity index (χ1n) is 8.48. The highest BCUT2D eigenvalue weighted by molar-refractivity contribution is 14.0. The second-order valence-corrected chi connectivity index (χ2v) is 7.94. The van der Waals surface area contributed by atoms with E-state index in [0.717, 1.165) is 48.7 Å². The van der Waals surface area contributed by atoms with Crippen molar-refractivity contribution in [2.75, 3.05) is 33.2 Å². The van der Waals surface area contributed by atoms with E-state index in [-0.39, 0.29) is 24.0 Å². The number of hydrogen-bond donors (Lipinski definition) is 1. The van der Waals surface area contributed by atoms with Gasteiger partial charge >= 0.3 is 0 Å². The molecule has 26 heavy (non-hydrogen) atoms. The molecule has 0 atom stereocenters. The van der Waals surface area contributed by atoms with E-state index in [1.807, 2.05) is 25.4 Å². The van der Waals surface area contributed by atoms with Crippen LogP contribution in [-0.2, 0) is 13.1 Å². The lowest BCUT2D eigenvalue weighted by atomic mass is 10.2. The molecular weight excluding hydrogens is 481 g/mol. The summed E-state index contributed by atoms with van der Waals surface area (Å²) in [7, 11) is 1.84. The molecule has 0 radical (unpaired) electrons. The maximum atomic E-state index is 6.02. The molecular formula is C18H25ClIN5S. The van der Waals surface area contributed by atoms with Crippen LogP contribution in [0.5, 0.6) is 0 Å². The Morgan fingerprint density at radius 3 is 2.65 bits per heavy atom. The van der Waals surface area contributed by atoms with Gasteiger partial charge in [0.25, 0.3) is 0 Å². The lowest BCUT2D eigenvalue weighted by molar-refractivity contribution is 0.173. The average Bonchev–Trinajstić information content (AvgIpc) is 3.03. The van der Waals surface area contributed by atoms with Gasteiger partial charge in [-0.25, -0.2) is 0 Å². The van der Waals surface area contributed by atoms with E-state index in [9.17, 15) is 0 Å². The van der Waals surface area contributed by atoms with Crippen LogP contribution in [0.25, 0.3) is 0 Å². The van der Waals surface area contributed by atoms with E-state index in [4.69, 9.17) is 11.6 Å². The van der Waals surface area contributed by atoms with Crippen molar-refractivity contribution >= 4 is 52.9 Å². The van der Waals surface area contributed by atoms with Gasteiger partial charge in [0, 0.05) is 50.8 Å². The summed E-state index contributed by atoms with van der Waals surface area (Å²) in [5, 5.41) is 3.44. The molecule has 3 rings (SSSR count). The van der Waals surface area contributed by atoms with Gasteiger partial charge in [-0.15, -0.1) is 35.3 Å². The summed E-state index contributed by atoms with van der Waals surface area (Å²) >= 11 is 7.69. The molecule has 0 bridgehead atoms. The second kappa shape index (κ2) is 10.4. The zero-order valence-corrected chi connectivity index (χ0v) is 19.0. The number of thiophene rings is 1. The molecule has 142 valence electrons. The van der Waals surface area contributed by atoms with E-state index < -0.39 is 0 Å². The quantitative estimate of drug-likeness (QED) is 0.392. The standard InChI is InChI=1S/C18H24ClN5S.HI/c1-14-4-3-7-21-16(14)12-22-18(20-2)24-10-8-23(9-11-24)13-15-5-6-17(19)25-15;/h3-7H,8-13H2,1-2H3,(H,20,22);1H. The first-order valence-corrected chi connectivity index (χ1v) is 9.68. The van der Waals surface area contributed by atoms with Crippen LogP contribution in [0.3, 0.4) is 0 Å². The largest absolute Gasteiger partial charge is 0.351 e. The minimum absolute atomic E-state index is 0. The highest BCUT2D eigenvalue weighted by atomic mass is 127. The Bertz CT molecular complexity index is 728. The van der Waals surface area contributed by atoms with Gasteiger partial charge in [-0.05, 0) is 30.7 Å². The van der Waals surface area contributed by atoms with E-state index in [1.54, 1.807) is 11.3 Å². The van der Waals surface area contributed by atoms with Crippen molar-refractivity contribution in [3.8, 4) is 0 Å². The van der Waals surface area contributed by atoms with Gasteiger partial charge in [-0.3, -0.25) is 14.9 Å². The maximum absolute atomic E-state index is 6.02. The Kier molecular flexibility index (Phi) is 8.59. The molecule has 5 nitrogen and oxygen atoms in total. The van der Waals surface area contributed by atoms with Crippen LogP contribution in [-0.4, -0.2) is 54.0 Å². The lowest BCUT2D eigenvalue weighted by Gasteiger charge is -2.36. The van der Waals surface area contributed by atoms with Crippen LogP contribution in [0.4, 0.5) is 0 Å². The van der Waals surface area contributed by atoms with Gasteiger partial charge in [0.15, 0.2) is 5.96 Å². The molecule has 1 fully saturated rings. The van der Waals surface area contributed by atoms with Crippen molar-refractivity contribution in [2.45, 2.75) is 20.0 Å². The van der Waals surface area contributed by atoms with Gasteiger partial charge in [-0.2, -0.15) is 0 Å². The van der Waals surface area contributed by atoms with Crippen molar-refractivity contribution in [1.82, 2.24) is 20.1 Å².